The minimum absolute atomic E-state index is 0.0349. The van der Waals surface area contributed by atoms with Crippen molar-refractivity contribution in [3.8, 4) is 5.75 Å². The van der Waals surface area contributed by atoms with Crippen molar-refractivity contribution >= 4 is 11.6 Å². The molecule has 6 rings (SSSR count). The van der Waals surface area contributed by atoms with Gasteiger partial charge in [-0.05, 0) is 47.6 Å². The zero-order valence-electron chi connectivity index (χ0n) is 21.3. The number of carbonyl (C=O) groups is 1. The molecule has 1 aliphatic heterocycles. The number of rotatable bonds is 8. The first-order valence-electron chi connectivity index (χ1n) is 13.4. The molecule has 190 valence electrons. The fraction of sp³-hybridized carbons (Fsp3) is 0.206. The van der Waals surface area contributed by atoms with Crippen LogP contribution in [0, 0.1) is 5.92 Å². The molecule has 2 aliphatic rings. The summed E-state index contributed by atoms with van der Waals surface area (Å²) in [5.74, 6) is 1.46. The van der Waals surface area contributed by atoms with Gasteiger partial charge in [-0.3, -0.25) is 4.79 Å². The van der Waals surface area contributed by atoms with E-state index in [4.69, 9.17) is 4.74 Å². The van der Waals surface area contributed by atoms with Crippen molar-refractivity contribution in [2.45, 2.75) is 31.4 Å². The van der Waals surface area contributed by atoms with Gasteiger partial charge in [0.25, 0.3) is 5.91 Å². The molecule has 4 nitrogen and oxygen atoms in total. The van der Waals surface area contributed by atoms with Gasteiger partial charge < -0.3 is 15.4 Å². The van der Waals surface area contributed by atoms with Crippen molar-refractivity contribution in [1.29, 1.82) is 0 Å². The minimum atomic E-state index is -0.0435. The number of benzene rings is 4. The van der Waals surface area contributed by atoms with E-state index in [0.717, 1.165) is 35.4 Å². The maximum absolute atomic E-state index is 13.4. The summed E-state index contributed by atoms with van der Waals surface area (Å²) >= 11 is 0. The second-order valence-corrected chi connectivity index (χ2v) is 10.0. The third-order valence-electron chi connectivity index (χ3n) is 7.67. The van der Waals surface area contributed by atoms with Crippen LogP contribution in [0.25, 0.3) is 0 Å². The SMILES string of the molecule is O=C(NCCc1ccccc1)c1cccc2c1NC(c1ccccc1OCc1ccccc1)C1CC=CC21. The standard InChI is InChI=1S/C34H32N2O2/c37-34(35-22-21-24-11-3-1-4-12-24)30-19-10-18-28-26-16-9-17-27(26)32(36-33(28)30)29-15-7-8-20-31(29)38-23-25-13-5-2-6-14-25/h1-16,18-20,26-27,32,36H,17,21-23H2,(H,35,37). The van der Waals surface area contributed by atoms with Crippen LogP contribution in [0.5, 0.6) is 5.75 Å². The Balaban J connectivity index is 1.26. The van der Waals surface area contributed by atoms with Crippen LogP contribution < -0.4 is 15.4 Å². The first-order valence-corrected chi connectivity index (χ1v) is 13.4. The molecule has 0 saturated carbocycles. The third kappa shape index (κ3) is 4.95. The van der Waals surface area contributed by atoms with Crippen molar-refractivity contribution in [3.05, 3.63) is 143 Å². The Morgan fingerprint density at radius 1 is 0.816 bits per heavy atom. The first kappa shape index (κ1) is 24.1. The molecule has 3 unspecified atom stereocenters. The maximum Gasteiger partial charge on any atom is 0.253 e. The molecule has 0 bridgehead atoms. The van der Waals surface area contributed by atoms with Crippen LogP contribution in [0.3, 0.4) is 0 Å². The molecule has 0 aromatic heterocycles. The molecule has 1 amide bonds. The Morgan fingerprint density at radius 2 is 1.53 bits per heavy atom. The minimum Gasteiger partial charge on any atom is -0.489 e. The lowest BCUT2D eigenvalue weighted by Gasteiger charge is -2.38. The number of anilines is 1. The lowest BCUT2D eigenvalue weighted by molar-refractivity contribution is 0.0954. The van der Waals surface area contributed by atoms with Gasteiger partial charge >= 0.3 is 0 Å². The summed E-state index contributed by atoms with van der Waals surface area (Å²) in [6, 6.07) is 34.9. The largest absolute Gasteiger partial charge is 0.489 e. The summed E-state index contributed by atoms with van der Waals surface area (Å²) < 4.78 is 6.35. The molecule has 4 aromatic rings. The zero-order valence-corrected chi connectivity index (χ0v) is 21.3. The molecule has 0 fully saturated rings. The number of carbonyl (C=O) groups excluding carboxylic acids is 1. The predicted molar refractivity (Wildman–Crippen MR) is 152 cm³/mol. The van der Waals surface area contributed by atoms with Crippen LogP contribution in [0.2, 0.25) is 0 Å². The number of nitrogens with one attached hydrogen (secondary N) is 2. The van der Waals surface area contributed by atoms with Gasteiger partial charge in [0.2, 0.25) is 0 Å². The summed E-state index contributed by atoms with van der Waals surface area (Å²) in [6.07, 6.45) is 6.38. The number of hydrogen-bond donors (Lipinski definition) is 2. The van der Waals surface area contributed by atoms with Gasteiger partial charge in [0.1, 0.15) is 12.4 Å². The normalized spacial score (nSPS) is 19.2. The molecule has 4 aromatic carbocycles. The molecule has 0 saturated heterocycles. The van der Waals surface area contributed by atoms with Crippen molar-refractivity contribution in [2.75, 3.05) is 11.9 Å². The average Bonchev–Trinajstić information content (AvgIpc) is 3.47. The average molecular weight is 501 g/mol. The number of fused-ring (bicyclic) bond motifs is 3. The van der Waals surface area contributed by atoms with Crippen molar-refractivity contribution in [1.82, 2.24) is 5.32 Å². The van der Waals surface area contributed by atoms with Gasteiger partial charge in [-0.1, -0.05) is 103 Å². The highest BCUT2D eigenvalue weighted by atomic mass is 16.5. The fourth-order valence-corrected chi connectivity index (χ4v) is 5.78. The highest BCUT2D eigenvalue weighted by Gasteiger charge is 2.40. The van der Waals surface area contributed by atoms with Crippen molar-refractivity contribution in [3.63, 3.8) is 0 Å². The van der Waals surface area contributed by atoms with Crippen LogP contribution in [0.1, 0.15) is 51.0 Å². The van der Waals surface area contributed by atoms with Crippen LogP contribution in [0.15, 0.2) is 115 Å². The second-order valence-electron chi connectivity index (χ2n) is 10.0. The van der Waals surface area contributed by atoms with Crippen LogP contribution >= 0.6 is 0 Å². The maximum atomic E-state index is 13.4. The monoisotopic (exact) mass is 500 g/mol. The second kappa shape index (κ2) is 11.0. The molecule has 2 N–H and O–H groups in total. The van der Waals surface area contributed by atoms with Crippen molar-refractivity contribution < 1.29 is 9.53 Å². The molecule has 38 heavy (non-hydrogen) atoms. The van der Waals surface area contributed by atoms with Crippen LogP contribution in [-0.2, 0) is 13.0 Å². The van der Waals surface area contributed by atoms with Crippen molar-refractivity contribution in [2.24, 2.45) is 5.92 Å². The molecule has 0 radical (unpaired) electrons. The van der Waals surface area contributed by atoms with E-state index in [1.54, 1.807) is 0 Å². The summed E-state index contributed by atoms with van der Waals surface area (Å²) in [5, 5.41) is 6.94. The van der Waals surface area contributed by atoms with Gasteiger partial charge in [-0.2, -0.15) is 0 Å². The van der Waals surface area contributed by atoms with Gasteiger partial charge in [-0.25, -0.2) is 0 Å². The molecule has 3 atom stereocenters. The summed E-state index contributed by atoms with van der Waals surface area (Å²) in [7, 11) is 0. The topological polar surface area (TPSA) is 50.4 Å². The Labute approximate surface area is 224 Å². The predicted octanol–water partition coefficient (Wildman–Crippen LogP) is 7.06. The highest BCUT2D eigenvalue weighted by Crippen LogP contribution is 2.51. The van der Waals surface area contributed by atoms with Gasteiger partial charge in [0, 0.05) is 18.0 Å². The van der Waals surface area contributed by atoms with E-state index in [1.807, 2.05) is 54.6 Å². The molecule has 4 heteroatoms. The van der Waals surface area contributed by atoms with Crippen LogP contribution in [-0.4, -0.2) is 12.5 Å². The fourth-order valence-electron chi connectivity index (χ4n) is 5.78. The number of para-hydroxylation sites is 2. The molecular formula is C34H32N2O2. The number of allylic oxidation sites excluding steroid dienone is 2. The van der Waals surface area contributed by atoms with Gasteiger partial charge in [0.15, 0.2) is 0 Å². The molecule has 0 spiro atoms. The summed E-state index contributed by atoms with van der Waals surface area (Å²) in [4.78, 5) is 13.4. The summed E-state index contributed by atoms with van der Waals surface area (Å²) in [5.41, 5.74) is 6.30. The van der Waals surface area contributed by atoms with E-state index in [0.29, 0.717) is 24.6 Å². The van der Waals surface area contributed by atoms with Gasteiger partial charge in [0.05, 0.1) is 17.3 Å². The number of hydrogen-bond acceptors (Lipinski definition) is 3. The molecule has 1 heterocycles. The first-order chi connectivity index (χ1) is 18.8. The van der Waals surface area contributed by atoms with E-state index in [-0.39, 0.29) is 17.9 Å². The summed E-state index contributed by atoms with van der Waals surface area (Å²) in [6.45, 7) is 1.11. The molecular weight excluding hydrogens is 468 g/mol. The smallest absolute Gasteiger partial charge is 0.253 e. The Kier molecular flexibility index (Phi) is 6.95. The van der Waals surface area contributed by atoms with E-state index >= 15 is 0 Å². The van der Waals surface area contributed by atoms with E-state index < -0.39 is 0 Å². The lowest BCUT2D eigenvalue weighted by atomic mass is 9.76. The zero-order chi connectivity index (χ0) is 25.7. The quantitative estimate of drug-likeness (QED) is 0.255. The Bertz CT molecular complexity index is 1430. The lowest BCUT2D eigenvalue weighted by Crippen LogP contribution is -2.32. The highest BCUT2D eigenvalue weighted by molar-refractivity contribution is 6.00. The Hall–Kier alpha value is -4.31. The van der Waals surface area contributed by atoms with Crippen LogP contribution in [0.4, 0.5) is 5.69 Å². The van der Waals surface area contributed by atoms with E-state index in [1.165, 1.54) is 11.1 Å². The third-order valence-corrected chi connectivity index (χ3v) is 7.67. The van der Waals surface area contributed by atoms with E-state index in [9.17, 15) is 4.79 Å². The van der Waals surface area contributed by atoms with E-state index in [2.05, 4.69) is 71.3 Å². The van der Waals surface area contributed by atoms with Gasteiger partial charge in [-0.15, -0.1) is 0 Å². The Morgan fingerprint density at radius 3 is 2.34 bits per heavy atom. The number of amides is 1. The number of ether oxygens (including phenoxy) is 1. The molecule has 1 aliphatic carbocycles.